The molecule has 0 saturated carbocycles. The molecule has 1 heterocycles. The fourth-order valence-electron chi connectivity index (χ4n) is 0.248. The first-order chi connectivity index (χ1) is 5.23. The van der Waals surface area contributed by atoms with Crippen LogP contribution in [0.25, 0.3) is 0 Å². The fraction of sp³-hybridized carbons (Fsp3) is 0. The summed E-state index contributed by atoms with van der Waals surface area (Å²) in [5.41, 5.74) is 0. The van der Waals surface area contributed by atoms with E-state index in [1.807, 2.05) is 12.1 Å². The third-order valence-corrected chi connectivity index (χ3v) is 0.455. The summed E-state index contributed by atoms with van der Waals surface area (Å²) in [4.78, 5) is 18.0. The molecule has 0 fully saturated rings. The number of hydrogen-bond donors (Lipinski definition) is 2. The van der Waals surface area contributed by atoms with Crippen molar-refractivity contribution in [3.05, 3.63) is 24.5 Å². The van der Waals surface area contributed by atoms with Crippen molar-refractivity contribution >= 4 is 8.25 Å². The van der Waals surface area contributed by atoms with Gasteiger partial charge in [-0.1, -0.05) is 12.1 Å². The smallest absolute Gasteiger partial charge is 0.0860 e. The predicted octanol–water partition coefficient (Wildman–Crippen LogP) is -0.117. The van der Waals surface area contributed by atoms with Gasteiger partial charge in [0.15, 0.2) is 0 Å². The van der Waals surface area contributed by atoms with Crippen molar-refractivity contribution < 1.29 is 37.5 Å². The van der Waals surface area contributed by atoms with Gasteiger partial charge in [-0.3, -0.25) is 4.57 Å². The molecule has 0 bridgehead atoms. The van der Waals surface area contributed by atoms with E-state index in [9.17, 15) is 0 Å². The Hall–Kier alpha value is -0.0817. The van der Waals surface area contributed by atoms with E-state index in [1.54, 1.807) is 12.4 Å². The Morgan fingerprint density at radius 3 is 1.55 bits per heavy atom. The van der Waals surface area contributed by atoms with Gasteiger partial charge in [-0.25, -0.2) is 0 Å². The maximum atomic E-state index is 8.74. The van der Waals surface area contributed by atoms with Gasteiger partial charge in [0.1, 0.15) is 0 Å². The Labute approximate surface area is 75.6 Å². The minimum Gasteiger partial charge on any atom is -0.670 e. The third-order valence-electron chi connectivity index (χ3n) is 0.455. The summed E-state index contributed by atoms with van der Waals surface area (Å²) < 4.78 is 17.0. The Balaban J connectivity index is 0. The van der Waals surface area contributed by atoms with Gasteiger partial charge in [0, 0.05) is 0 Å². The van der Waals surface area contributed by atoms with Gasteiger partial charge in [0.2, 0.25) is 0 Å². The van der Waals surface area contributed by atoms with E-state index in [0.717, 1.165) is 0 Å². The first kappa shape index (κ1) is 13.5. The van der Waals surface area contributed by atoms with Gasteiger partial charge in [-0.15, -0.1) is 0 Å². The molecule has 5 nitrogen and oxygen atoms in total. The third kappa shape index (κ3) is 25.7. The molecule has 0 amide bonds. The maximum Gasteiger partial charge on any atom is -0.0860 e. The van der Waals surface area contributed by atoms with Crippen LogP contribution in [-0.2, 0) is 27.7 Å². The van der Waals surface area contributed by atoms with Crippen molar-refractivity contribution in [1.82, 2.24) is 4.98 Å². The van der Waals surface area contributed by atoms with Crippen LogP contribution in [0.4, 0.5) is 0 Å². The van der Waals surface area contributed by atoms with E-state index in [1.165, 1.54) is 0 Å². The van der Waals surface area contributed by atoms with Gasteiger partial charge in [0.25, 0.3) is 0 Å². The zero-order chi connectivity index (χ0) is 9.11. The Morgan fingerprint density at radius 1 is 1.18 bits per heavy atom. The molecule has 1 rings (SSSR count). The van der Waals surface area contributed by atoms with Crippen molar-refractivity contribution in [2.45, 2.75) is 0 Å². The van der Waals surface area contributed by atoms with E-state index in [4.69, 9.17) is 17.7 Å². The summed E-state index contributed by atoms with van der Waals surface area (Å²) in [6.45, 7) is 0. The zero-order valence-corrected chi connectivity index (χ0v) is 8.38. The second-order valence-corrected chi connectivity index (χ2v) is 1.68. The number of hydrogen-bond acceptors (Lipinski definition) is 2. The van der Waals surface area contributed by atoms with E-state index >= 15 is 0 Å². The average Bonchev–Trinajstić information content (AvgIpc) is 2.44. The zero-order valence-electron chi connectivity index (χ0n) is 5.38. The van der Waals surface area contributed by atoms with Gasteiger partial charge < -0.3 is 14.8 Å². The molecule has 7 heteroatoms. The van der Waals surface area contributed by atoms with Crippen LogP contribution in [-0.4, -0.2) is 9.79 Å². The summed E-state index contributed by atoms with van der Waals surface area (Å²) in [7, 11) is -3.13. The second kappa shape index (κ2) is 12.6. The van der Waals surface area contributed by atoms with Gasteiger partial charge in [0.05, 0.1) is 0 Å². The number of rotatable bonds is 0. The van der Waals surface area contributed by atoms with Crippen LogP contribution in [0.2, 0.25) is 0 Å². The number of aromatic nitrogens is 1. The summed E-state index contributed by atoms with van der Waals surface area (Å²) in [5.74, 6) is 0. The largest absolute Gasteiger partial charge is 0.670 e. The van der Waals surface area contributed by atoms with Crippen LogP contribution in [0, 0.1) is 0 Å². The molecule has 0 radical (unpaired) electrons. The standard InChI is InChI=1S/C4H4N.Mo.H3O3P.O/c1-2-4-5-3-1;;1-4(2)3;/h1-4H;;4H,(H2,1,2,3);/q-1;;;. The van der Waals surface area contributed by atoms with Crippen LogP contribution >= 0.6 is 8.25 Å². The second-order valence-electron chi connectivity index (χ2n) is 1.11. The molecule has 0 aliphatic heterocycles. The minimum atomic E-state index is -3.13. The summed E-state index contributed by atoms with van der Waals surface area (Å²) >= 11 is 0.700. The van der Waals surface area contributed by atoms with Crippen LogP contribution < -0.4 is 4.98 Å². The molecule has 1 aromatic heterocycles. The quantitative estimate of drug-likeness (QED) is 0.501. The fourth-order valence-corrected chi connectivity index (χ4v) is 0.248. The summed E-state index contributed by atoms with van der Waals surface area (Å²) in [5, 5.41) is 0. The van der Waals surface area contributed by atoms with Crippen molar-refractivity contribution in [3.8, 4) is 0 Å². The van der Waals surface area contributed by atoms with Gasteiger partial charge in [-0.2, -0.15) is 12.4 Å². The van der Waals surface area contributed by atoms with Crippen LogP contribution in [0.15, 0.2) is 24.5 Å². The van der Waals surface area contributed by atoms with Crippen LogP contribution in [0.5, 0.6) is 0 Å². The molecule has 0 saturated heterocycles. The van der Waals surface area contributed by atoms with Gasteiger partial charge >= 0.3 is 31.4 Å². The molecular weight excluding hydrogens is 253 g/mol. The van der Waals surface area contributed by atoms with Gasteiger partial charge in [-0.05, 0) is 0 Å². The Morgan fingerprint density at radius 2 is 1.45 bits per heavy atom. The maximum absolute atomic E-state index is 8.74. The monoisotopic (exact) mass is 262 g/mol. The molecule has 1 aromatic rings. The van der Waals surface area contributed by atoms with Crippen molar-refractivity contribution in [2.24, 2.45) is 0 Å². The predicted molar refractivity (Wildman–Crippen MR) is 33.9 cm³/mol. The van der Waals surface area contributed by atoms with E-state index in [0.29, 0.717) is 19.8 Å². The molecule has 0 aliphatic carbocycles. The SMILES string of the molecule is O=[PH](O)O.[O]=[Mo].c1cc[n-]c1. The summed E-state index contributed by atoms with van der Waals surface area (Å²) in [6.07, 6.45) is 3.50. The number of nitrogens with zero attached hydrogens (tertiary/aromatic N) is 1. The molecule has 64 valence electrons. The minimum absolute atomic E-state index is 0.700. The Kier molecular flexibility index (Phi) is 15.4. The van der Waals surface area contributed by atoms with Crippen LogP contribution in [0.1, 0.15) is 0 Å². The molecule has 0 aromatic carbocycles. The molecule has 0 unspecified atom stereocenters. The van der Waals surface area contributed by atoms with E-state index in [2.05, 4.69) is 4.98 Å². The molecule has 0 atom stereocenters. The van der Waals surface area contributed by atoms with Crippen molar-refractivity contribution in [2.75, 3.05) is 0 Å². The topological polar surface area (TPSA) is 88.7 Å². The van der Waals surface area contributed by atoms with Crippen molar-refractivity contribution in [1.29, 1.82) is 0 Å². The van der Waals surface area contributed by atoms with Crippen LogP contribution in [0.3, 0.4) is 0 Å². The van der Waals surface area contributed by atoms with E-state index in [-0.39, 0.29) is 0 Å². The first-order valence-electron chi connectivity index (χ1n) is 2.33. The molecule has 0 aliphatic rings. The summed E-state index contributed by atoms with van der Waals surface area (Å²) in [6, 6.07) is 3.78. The first-order valence-corrected chi connectivity index (χ1v) is 4.46. The molecule has 11 heavy (non-hydrogen) atoms. The Bertz CT molecular complexity index is 147. The molecule has 2 N–H and O–H groups in total. The normalized spacial score (nSPS) is 7.18. The molecular formula is C4H7MoNO4P-. The average molecular weight is 260 g/mol. The van der Waals surface area contributed by atoms with Crippen molar-refractivity contribution in [3.63, 3.8) is 0 Å². The molecule has 0 spiro atoms. The van der Waals surface area contributed by atoms with E-state index < -0.39 is 8.25 Å².